The van der Waals surface area contributed by atoms with Crippen molar-refractivity contribution in [2.75, 3.05) is 5.32 Å². The molecule has 0 bridgehead atoms. The minimum absolute atomic E-state index is 0.0240. The Morgan fingerprint density at radius 3 is 2.95 bits per heavy atom. The molecule has 0 aromatic carbocycles. The quantitative estimate of drug-likeness (QED) is 0.876. The molecule has 2 aliphatic carbocycles. The molecule has 2 heterocycles. The van der Waals surface area contributed by atoms with E-state index < -0.39 is 0 Å². The highest BCUT2D eigenvalue weighted by Crippen LogP contribution is 2.43. The number of amides is 1. The number of thiophene rings is 1. The average Bonchev–Trinajstić information content (AvgIpc) is 2.84. The first-order valence-corrected chi connectivity index (χ1v) is 9.47. The number of carbonyl (C=O) groups is 1. The van der Waals surface area contributed by atoms with Crippen LogP contribution < -0.4 is 10.6 Å². The number of rotatable bonds is 5. The van der Waals surface area contributed by atoms with Gasteiger partial charge >= 0.3 is 0 Å². The molecular formula is C16H19N3OS2. The Bertz CT molecular complexity index is 689. The highest BCUT2D eigenvalue weighted by Gasteiger charge is 2.40. The number of aryl methyl sites for hydroxylation is 1. The monoisotopic (exact) mass is 333 g/mol. The number of nitrogens with one attached hydrogen (secondary N) is 2. The highest BCUT2D eigenvalue weighted by molar-refractivity contribution is 7.16. The van der Waals surface area contributed by atoms with Gasteiger partial charge in [-0.05, 0) is 43.2 Å². The van der Waals surface area contributed by atoms with Crippen molar-refractivity contribution in [1.29, 1.82) is 0 Å². The van der Waals surface area contributed by atoms with Gasteiger partial charge in [-0.25, -0.2) is 4.98 Å². The van der Waals surface area contributed by atoms with E-state index >= 15 is 0 Å². The molecule has 2 unspecified atom stereocenters. The van der Waals surface area contributed by atoms with Crippen molar-refractivity contribution < 1.29 is 4.79 Å². The lowest BCUT2D eigenvalue weighted by Crippen LogP contribution is -2.37. The third kappa shape index (κ3) is 2.95. The molecule has 0 spiro atoms. The SMILES string of the molecule is Cc1ncc(NC(=O)c2cc(C3CC3NC3CCC3)cs2)s1. The van der Waals surface area contributed by atoms with E-state index in [0.29, 0.717) is 12.0 Å². The summed E-state index contributed by atoms with van der Waals surface area (Å²) in [5, 5.41) is 10.6. The van der Waals surface area contributed by atoms with Crippen LogP contribution in [0.4, 0.5) is 5.00 Å². The van der Waals surface area contributed by atoms with Crippen LogP contribution in [0.15, 0.2) is 17.6 Å². The van der Waals surface area contributed by atoms with Gasteiger partial charge in [0.2, 0.25) is 0 Å². The fraction of sp³-hybridized carbons (Fsp3) is 0.500. The van der Waals surface area contributed by atoms with Gasteiger partial charge in [0.1, 0.15) is 5.00 Å². The van der Waals surface area contributed by atoms with Gasteiger partial charge in [0.05, 0.1) is 16.1 Å². The zero-order chi connectivity index (χ0) is 15.1. The molecule has 0 aliphatic heterocycles. The molecule has 2 atom stereocenters. The van der Waals surface area contributed by atoms with Crippen molar-refractivity contribution in [3.8, 4) is 0 Å². The largest absolute Gasteiger partial charge is 0.312 e. The lowest BCUT2D eigenvalue weighted by Gasteiger charge is -2.26. The third-order valence-electron chi connectivity index (χ3n) is 4.48. The van der Waals surface area contributed by atoms with Gasteiger partial charge in [0.15, 0.2) is 0 Å². The molecule has 4 rings (SSSR count). The van der Waals surface area contributed by atoms with Crippen LogP contribution in [-0.2, 0) is 0 Å². The van der Waals surface area contributed by atoms with E-state index in [1.165, 1.54) is 53.9 Å². The van der Waals surface area contributed by atoms with Crippen molar-refractivity contribution in [3.63, 3.8) is 0 Å². The van der Waals surface area contributed by atoms with Crippen LogP contribution in [0.1, 0.15) is 51.8 Å². The van der Waals surface area contributed by atoms with Crippen molar-refractivity contribution in [2.45, 2.75) is 50.6 Å². The van der Waals surface area contributed by atoms with Gasteiger partial charge in [-0.2, -0.15) is 0 Å². The van der Waals surface area contributed by atoms with Gasteiger partial charge in [0.25, 0.3) is 5.91 Å². The number of aromatic nitrogens is 1. The summed E-state index contributed by atoms with van der Waals surface area (Å²) in [6.07, 6.45) is 6.95. The van der Waals surface area contributed by atoms with Crippen LogP contribution in [0.3, 0.4) is 0 Å². The van der Waals surface area contributed by atoms with E-state index in [4.69, 9.17) is 0 Å². The zero-order valence-corrected chi connectivity index (χ0v) is 14.1. The first-order chi connectivity index (χ1) is 10.7. The zero-order valence-electron chi connectivity index (χ0n) is 12.5. The number of anilines is 1. The summed E-state index contributed by atoms with van der Waals surface area (Å²) in [6, 6.07) is 3.42. The first kappa shape index (κ1) is 14.4. The van der Waals surface area contributed by atoms with Gasteiger partial charge in [0, 0.05) is 18.0 Å². The van der Waals surface area contributed by atoms with E-state index in [1.807, 2.05) is 6.92 Å². The van der Waals surface area contributed by atoms with E-state index in [-0.39, 0.29) is 5.91 Å². The molecule has 2 N–H and O–H groups in total. The second-order valence-electron chi connectivity index (χ2n) is 6.19. The molecule has 0 radical (unpaired) electrons. The number of nitrogens with zero attached hydrogens (tertiary/aromatic N) is 1. The lowest BCUT2D eigenvalue weighted by molar-refractivity contribution is 0.103. The Hall–Kier alpha value is -1.24. The minimum Gasteiger partial charge on any atom is -0.312 e. The third-order valence-corrected chi connectivity index (χ3v) is 6.25. The van der Waals surface area contributed by atoms with Crippen LogP contribution in [0, 0.1) is 6.92 Å². The molecular weight excluding hydrogens is 314 g/mol. The summed E-state index contributed by atoms with van der Waals surface area (Å²) in [5.74, 6) is 0.577. The molecule has 0 saturated heterocycles. The summed E-state index contributed by atoms with van der Waals surface area (Å²) in [7, 11) is 0. The Morgan fingerprint density at radius 1 is 1.41 bits per heavy atom. The molecule has 2 aromatic rings. The standard InChI is InChI=1S/C16H19N3OS2/c1-9-17-7-15(22-9)19-16(20)14-5-10(8-21-14)12-6-13(12)18-11-3-2-4-11/h5,7-8,11-13,18H,2-4,6H2,1H3,(H,19,20). The molecule has 1 amide bonds. The van der Waals surface area contributed by atoms with Crippen LogP contribution >= 0.6 is 22.7 Å². The fourth-order valence-electron chi connectivity index (χ4n) is 2.88. The second-order valence-corrected chi connectivity index (χ2v) is 8.33. The molecule has 6 heteroatoms. The van der Waals surface area contributed by atoms with Crippen LogP contribution in [0.25, 0.3) is 0 Å². The van der Waals surface area contributed by atoms with E-state index in [1.54, 1.807) is 6.20 Å². The highest BCUT2D eigenvalue weighted by atomic mass is 32.1. The normalized spacial score (nSPS) is 24.0. The Labute approximate surface area is 138 Å². The first-order valence-electron chi connectivity index (χ1n) is 7.77. The van der Waals surface area contributed by atoms with Gasteiger partial charge in [-0.1, -0.05) is 6.42 Å². The van der Waals surface area contributed by atoms with Crippen LogP contribution in [0.5, 0.6) is 0 Å². The molecule has 2 saturated carbocycles. The molecule has 22 heavy (non-hydrogen) atoms. The number of carbonyl (C=O) groups excluding carboxylic acids is 1. The maximum atomic E-state index is 12.3. The topological polar surface area (TPSA) is 54.0 Å². The average molecular weight is 333 g/mol. The maximum absolute atomic E-state index is 12.3. The Balaban J connectivity index is 1.36. The van der Waals surface area contributed by atoms with Gasteiger partial charge in [-0.15, -0.1) is 22.7 Å². The smallest absolute Gasteiger partial charge is 0.266 e. The summed E-state index contributed by atoms with van der Waals surface area (Å²) < 4.78 is 0. The summed E-state index contributed by atoms with van der Waals surface area (Å²) >= 11 is 3.04. The number of hydrogen-bond donors (Lipinski definition) is 2. The fourth-order valence-corrected chi connectivity index (χ4v) is 4.42. The minimum atomic E-state index is -0.0240. The van der Waals surface area contributed by atoms with Crippen molar-refractivity contribution in [2.24, 2.45) is 0 Å². The van der Waals surface area contributed by atoms with Gasteiger partial charge in [-0.3, -0.25) is 4.79 Å². The molecule has 116 valence electrons. The van der Waals surface area contributed by atoms with Crippen molar-refractivity contribution >= 4 is 33.6 Å². The maximum Gasteiger partial charge on any atom is 0.266 e. The number of hydrogen-bond acceptors (Lipinski definition) is 5. The van der Waals surface area contributed by atoms with E-state index in [2.05, 4.69) is 27.1 Å². The van der Waals surface area contributed by atoms with Crippen molar-refractivity contribution in [1.82, 2.24) is 10.3 Å². The molecule has 2 aromatic heterocycles. The Kier molecular flexibility index (Phi) is 3.76. The van der Waals surface area contributed by atoms with Gasteiger partial charge < -0.3 is 10.6 Å². The van der Waals surface area contributed by atoms with Crippen molar-refractivity contribution in [3.05, 3.63) is 33.1 Å². The summed E-state index contributed by atoms with van der Waals surface area (Å²) in [6.45, 7) is 1.94. The van der Waals surface area contributed by atoms with Crippen LogP contribution in [0.2, 0.25) is 0 Å². The van der Waals surface area contributed by atoms with E-state index in [0.717, 1.165) is 20.9 Å². The number of thiazole rings is 1. The van der Waals surface area contributed by atoms with Crippen LogP contribution in [-0.4, -0.2) is 23.0 Å². The summed E-state index contributed by atoms with van der Waals surface area (Å²) in [4.78, 5) is 17.2. The summed E-state index contributed by atoms with van der Waals surface area (Å²) in [5.41, 5.74) is 1.31. The Morgan fingerprint density at radius 2 is 2.27 bits per heavy atom. The predicted molar refractivity (Wildman–Crippen MR) is 91.0 cm³/mol. The van der Waals surface area contributed by atoms with E-state index in [9.17, 15) is 4.79 Å². The molecule has 2 fully saturated rings. The lowest BCUT2D eigenvalue weighted by atomic mass is 9.93. The molecule has 4 nitrogen and oxygen atoms in total. The predicted octanol–water partition coefficient (Wildman–Crippen LogP) is 3.76. The second kappa shape index (κ2) is 5.76. The molecule has 2 aliphatic rings.